The predicted molar refractivity (Wildman–Crippen MR) is 85.9 cm³/mol. The van der Waals surface area contributed by atoms with Crippen molar-refractivity contribution < 1.29 is 14.3 Å². The van der Waals surface area contributed by atoms with Gasteiger partial charge in [-0.05, 0) is 6.42 Å². The molecule has 9 heteroatoms. The number of nitrogens with zero attached hydrogens (tertiary/aromatic N) is 2. The number of esters is 1. The topological polar surface area (TPSA) is 111 Å². The van der Waals surface area contributed by atoms with E-state index in [1.165, 1.54) is 18.7 Å². The lowest BCUT2D eigenvalue weighted by atomic mass is 10.1. The van der Waals surface area contributed by atoms with E-state index in [2.05, 4.69) is 16.5 Å². The first-order valence-corrected chi connectivity index (χ1v) is 8.10. The summed E-state index contributed by atoms with van der Waals surface area (Å²) in [6, 6.07) is 0. The predicted octanol–water partition coefficient (Wildman–Crippen LogP) is 1.19. The van der Waals surface area contributed by atoms with Crippen LogP contribution in [0.4, 0.5) is 11.8 Å². The van der Waals surface area contributed by atoms with Gasteiger partial charge < -0.3 is 15.2 Å². The smallest absolute Gasteiger partial charge is 0.303 e. The minimum atomic E-state index is -0.571. The first-order chi connectivity index (χ1) is 10.9. The molecule has 1 saturated heterocycles. The number of nitrogen functional groups attached to an aromatic ring is 1. The number of hydrogen-bond acceptors (Lipinski definition) is 8. The molecule has 0 bridgehead atoms. The van der Waals surface area contributed by atoms with Crippen molar-refractivity contribution in [1.29, 1.82) is 0 Å². The lowest BCUT2D eigenvalue weighted by Crippen LogP contribution is -2.41. The number of hydrogen-bond donors (Lipinski definition) is 2. The standard InChI is InChI=1S/C14H18N4O4S/c1-4-8-5-9(21-7(3)19)13(22-8)18-6(2)23-10-11(18)16-14(15)17-12(10)20/h8-9,13H,2,4-5H2,1,3H3,(H3,15,16,17,20)/t8-,9-,13-/m1/s1. The average Bonchev–Trinajstić information content (AvgIpc) is 2.99. The Hall–Kier alpha value is -2.00. The van der Waals surface area contributed by atoms with Gasteiger partial charge in [0.1, 0.15) is 11.0 Å². The molecule has 2 aliphatic heterocycles. The molecule has 1 fully saturated rings. The number of aromatic amines is 1. The molecule has 23 heavy (non-hydrogen) atoms. The summed E-state index contributed by atoms with van der Waals surface area (Å²) >= 11 is 1.20. The number of rotatable bonds is 3. The summed E-state index contributed by atoms with van der Waals surface area (Å²) < 4.78 is 11.4. The molecule has 0 radical (unpaired) electrons. The Morgan fingerprint density at radius 1 is 1.65 bits per heavy atom. The van der Waals surface area contributed by atoms with Crippen LogP contribution in [0.3, 0.4) is 0 Å². The monoisotopic (exact) mass is 338 g/mol. The highest BCUT2D eigenvalue weighted by Gasteiger charge is 2.45. The maximum Gasteiger partial charge on any atom is 0.303 e. The fourth-order valence-electron chi connectivity index (χ4n) is 2.80. The number of nitrogens with two attached hydrogens (primary N) is 1. The van der Waals surface area contributed by atoms with Gasteiger partial charge in [0, 0.05) is 13.3 Å². The summed E-state index contributed by atoms with van der Waals surface area (Å²) in [6.45, 7) is 7.33. The highest BCUT2D eigenvalue weighted by atomic mass is 32.2. The normalized spacial score (nSPS) is 26.4. The average molecular weight is 338 g/mol. The number of H-pyrrole nitrogens is 1. The third kappa shape index (κ3) is 2.81. The molecule has 0 amide bonds. The SMILES string of the molecule is C=C1Sc2c(nc(N)[nH]c2=O)N1[C@@H]1O[C@H](CC)C[C@H]1OC(C)=O. The zero-order chi connectivity index (χ0) is 16.7. The minimum Gasteiger partial charge on any atom is -0.458 e. The summed E-state index contributed by atoms with van der Waals surface area (Å²) in [4.78, 5) is 32.2. The number of ether oxygens (including phenoxy) is 2. The molecule has 8 nitrogen and oxygen atoms in total. The molecule has 1 aromatic rings. The number of aromatic nitrogens is 2. The van der Waals surface area contributed by atoms with Gasteiger partial charge in [0.25, 0.3) is 5.56 Å². The van der Waals surface area contributed by atoms with E-state index < -0.39 is 12.3 Å². The summed E-state index contributed by atoms with van der Waals surface area (Å²) in [7, 11) is 0. The van der Waals surface area contributed by atoms with Gasteiger partial charge in [0.05, 0.1) is 11.1 Å². The highest BCUT2D eigenvalue weighted by Crippen LogP contribution is 2.45. The molecule has 0 aromatic carbocycles. The third-order valence-electron chi connectivity index (χ3n) is 3.77. The molecular weight excluding hydrogens is 320 g/mol. The van der Waals surface area contributed by atoms with E-state index in [1.54, 1.807) is 4.90 Å². The van der Waals surface area contributed by atoms with Crippen molar-refractivity contribution in [3.63, 3.8) is 0 Å². The zero-order valence-corrected chi connectivity index (χ0v) is 13.7. The van der Waals surface area contributed by atoms with Crippen LogP contribution in [0.25, 0.3) is 0 Å². The summed E-state index contributed by atoms with van der Waals surface area (Å²) in [5, 5.41) is 0.586. The Morgan fingerprint density at radius 2 is 2.39 bits per heavy atom. The van der Waals surface area contributed by atoms with E-state index in [9.17, 15) is 9.59 Å². The molecule has 0 aliphatic carbocycles. The van der Waals surface area contributed by atoms with E-state index in [0.717, 1.165) is 6.42 Å². The van der Waals surface area contributed by atoms with Gasteiger partial charge in [-0.2, -0.15) is 4.98 Å². The quantitative estimate of drug-likeness (QED) is 0.791. The Labute approximate surface area is 137 Å². The number of nitrogens with one attached hydrogen (secondary N) is 1. The van der Waals surface area contributed by atoms with Crippen molar-refractivity contribution in [2.24, 2.45) is 0 Å². The van der Waals surface area contributed by atoms with Crippen molar-refractivity contribution in [2.75, 3.05) is 10.6 Å². The lowest BCUT2D eigenvalue weighted by Gasteiger charge is -2.29. The molecule has 2 aliphatic rings. The fourth-order valence-corrected chi connectivity index (χ4v) is 3.70. The Balaban J connectivity index is 1.99. The minimum absolute atomic E-state index is 0.0168. The number of carbonyl (C=O) groups is 1. The van der Waals surface area contributed by atoms with Crippen molar-refractivity contribution in [1.82, 2.24) is 9.97 Å². The van der Waals surface area contributed by atoms with E-state index in [-0.39, 0.29) is 23.6 Å². The number of carbonyl (C=O) groups excluding carboxylic acids is 1. The second kappa shape index (κ2) is 5.89. The van der Waals surface area contributed by atoms with Gasteiger partial charge in [-0.25, -0.2) is 0 Å². The largest absolute Gasteiger partial charge is 0.458 e. The van der Waals surface area contributed by atoms with E-state index in [0.29, 0.717) is 22.2 Å². The first kappa shape index (κ1) is 15.9. The Morgan fingerprint density at radius 3 is 3.04 bits per heavy atom. The van der Waals surface area contributed by atoms with Crippen LogP contribution in [0.1, 0.15) is 26.7 Å². The molecule has 1 aromatic heterocycles. The number of thioether (sulfide) groups is 1. The van der Waals surface area contributed by atoms with Crippen LogP contribution in [0, 0.1) is 0 Å². The van der Waals surface area contributed by atoms with E-state index >= 15 is 0 Å². The molecule has 0 spiro atoms. The summed E-state index contributed by atoms with van der Waals surface area (Å²) in [6.07, 6.45) is 0.315. The molecule has 3 rings (SSSR count). The Bertz CT molecular complexity index is 719. The van der Waals surface area contributed by atoms with Crippen LogP contribution in [-0.2, 0) is 14.3 Å². The van der Waals surface area contributed by atoms with Gasteiger partial charge in [-0.15, -0.1) is 0 Å². The second-order valence-corrected chi connectivity index (χ2v) is 6.49. The number of anilines is 2. The maximum absolute atomic E-state index is 12.0. The maximum atomic E-state index is 12.0. The van der Waals surface area contributed by atoms with Crippen LogP contribution in [0.2, 0.25) is 0 Å². The van der Waals surface area contributed by atoms with Gasteiger partial charge in [0.2, 0.25) is 5.95 Å². The molecular formula is C14H18N4O4S. The lowest BCUT2D eigenvalue weighted by molar-refractivity contribution is -0.148. The fraction of sp³-hybridized carbons (Fsp3) is 0.500. The molecule has 124 valence electrons. The van der Waals surface area contributed by atoms with Crippen LogP contribution in [-0.4, -0.2) is 34.4 Å². The van der Waals surface area contributed by atoms with Crippen LogP contribution in [0.5, 0.6) is 0 Å². The van der Waals surface area contributed by atoms with Gasteiger partial charge in [-0.3, -0.25) is 19.5 Å². The first-order valence-electron chi connectivity index (χ1n) is 7.29. The van der Waals surface area contributed by atoms with Crippen LogP contribution >= 0.6 is 11.8 Å². The molecule has 3 N–H and O–H groups in total. The van der Waals surface area contributed by atoms with Crippen molar-refractivity contribution in [3.05, 3.63) is 22.0 Å². The summed E-state index contributed by atoms with van der Waals surface area (Å²) in [5.74, 6) is 0.0275. The van der Waals surface area contributed by atoms with Crippen molar-refractivity contribution in [3.8, 4) is 0 Å². The van der Waals surface area contributed by atoms with Gasteiger partial charge >= 0.3 is 5.97 Å². The van der Waals surface area contributed by atoms with E-state index in [4.69, 9.17) is 15.2 Å². The molecule has 0 saturated carbocycles. The van der Waals surface area contributed by atoms with Crippen molar-refractivity contribution >= 4 is 29.5 Å². The molecule has 3 atom stereocenters. The second-order valence-electron chi connectivity index (χ2n) is 5.41. The zero-order valence-electron chi connectivity index (χ0n) is 12.9. The molecule has 3 heterocycles. The summed E-state index contributed by atoms with van der Waals surface area (Å²) in [5.41, 5.74) is 5.32. The highest BCUT2D eigenvalue weighted by molar-refractivity contribution is 8.03. The van der Waals surface area contributed by atoms with E-state index in [1.807, 2.05) is 6.92 Å². The van der Waals surface area contributed by atoms with Crippen LogP contribution in [0.15, 0.2) is 21.3 Å². The van der Waals surface area contributed by atoms with Crippen molar-refractivity contribution in [2.45, 2.75) is 50.0 Å². The third-order valence-corrected chi connectivity index (χ3v) is 4.77. The van der Waals surface area contributed by atoms with Gasteiger partial charge in [0.15, 0.2) is 12.0 Å². The Kier molecular flexibility index (Phi) is 4.07. The molecule has 0 unspecified atom stereocenters. The van der Waals surface area contributed by atoms with Crippen LogP contribution < -0.4 is 16.2 Å². The number of fused-ring (bicyclic) bond motifs is 1. The van der Waals surface area contributed by atoms with Gasteiger partial charge in [-0.1, -0.05) is 25.3 Å².